The van der Waals surface area contributed by atoms with E-state index in [1.54, 1.807) is 12.1 Å². The third-order valence-electron chi connectivity index (χ3n) is 3.69. The Morgan fingerprint density at radius 3 is 2.48 bits per heavy atom. The van der Waals surface area contributed by atoms with Crippen molar-refractivity contribution in [2.45, 2.75) is 0 Å². The molecule has 0 atom stereocenters. The third-order valence-corrected chi connectivity index (χ3v) is 3.69. The highest BCUT2D eigenvalue weighted by atomic mass is 19.1. The van der Waals surface area contributed by atoms with Crippen molar-refractivity contribution in [2.24, 2.45) is 0 Å². The number of pyridine rings is 1. The molecule has 0 aliphatic carbocycles. The highest BCUT2D eigenvalue weighted by molar-refractivity contribution is 6.03. The van der Waals surface area contributed by atoms with Crippen molar-refractivity contribution in [2.75, 3.05) is 17.3 Å². The molecule has 4 nitrogen and oxygen atoms in total. The van der Waals surface area contributed by atoms with Gasteiger partial charge in [0.1, 0.15) is 17.3 Å². The molecule has 2 aromatic carbocycles. The third kappa shape index (κ3) is 3.80. The second kappa shape index (κ2) is 7.09. The van der Waals surface area contributed by atoms with Crippen LogP contribution in [0.1, 0.15) is 10.5 Å². The summed E-state index contributed by atoms with van der Waals surface area (Å²) in [4.78, 5) is 18.2. The van der Waals surface area contributed by atoms with Gasteiger partial charge in [0.05, 0.1) is 5.69 Å². The van der Waals surface area contributed by atoms with Gasteiger partial charge < -0.3 is 10.2 Å². The molecule has 126 valence electrons. The minimum Gasteiger partial charge on any atom is -0.345 e. The number of para-hydroxylation sites is 1. The quantitative estimate of drug-likeness (QED) is 0.767. The highest BCUT2D eigenvalue weighted by Crippen LogP contribution is 2.23. The molecule has 1 aromatic heterocycles. The topological polar surface area (TPSA) is 45.2 Å². The van der Waals surface area contributed by atoms with E-state index in [1.165, 1.54) is 12.3 Å². The Bertz CT molecular complexity index is 900. The van der Waals surface area contributed by atoms with Gasteiger partial charge in [-0.3, -0.25) is 9.78 Å². The lowest BCUT2D eigenvalue weighted by atomic mass is 10.2. The maximum atomic E-state index is 13.7. The second-order valence-corrected chi connectivity index (χ2v) is 5.37. The summed E-state index contributed by atoms with van der Waals surface area (Å²) in [5.41, 5.74) is 1.73. The molecule has 6 heteroatoms. The van der Waals surface area contributed by atoms with Gasteiger partial charge in [0.2, 0.25) is 0 Å². The summed E-state index contributed by atoms with van der Waals surface area (Å²) in [5, 5.41) is 2.40. The minimum absolute atomic E-state index is 0.102. The van der Waals surface area contributed by atoms with Gasteiger partial charge >= 0.3 is 0 Å². The number of amides is 1. The number of nitrogens with one attached hydrogen (secondary N) is 1. The first kappa shape index (κ1) is 16.6. The molecule has 0 spiro atoms. The largest absolute Gasteiger partial charge is 0.345 e. The van der Waals surface area contributed by atoms with Gasteiger partial charge in [0.25, 0.3) is 5.91 Å². The van der Waals surface area contributed by atoms with Crippen LogP contribution in [-0.2, 0) is 0 Å². The number of nitrogens with zero attached hydrogens (tertiary/aromatic N) is 2. The summed E-state index contributed by atoms with van der Waals surface area (Å²) in [6.07, 6.45) is 1.50. The van der Waals surface area contributed by atoms with E-state index in [2.05, 4.69) is 10.3 Å². The van der Waals surface area contributed by atoms with E-state index in [0.29, 0.717) is 6.07 Å². The number of halogens is 2. The van der Waals surface area contributed by atoms with E-state index in [1.807, 2.05) is 42.3 Å². The normalized spacial score (nSPS) is 10.4. The van der Waals surface area contributed by atoms with E-state index in [4.69, 9.17) is 0 Å². The average Bonchev–Trinajstić information content (AvgIpc) is 2.64. The molecule has 0 aliphatic heterocycles. The van der Waals surface area contributed by atoms with Gasteiger partial charge in [-0.1, -0.05) is 18.2 Å². The van der Waals surface area contributed by atoms with Crippen LogP contribution in [0, 0.1) is 11.6 Å². The number of hydrogen-bond acceptors (Lipinski definition) is 3. The Morgan fingerprint density at radius 1 is 1.00 bits per heavy atom. The Morgan fingerprint density at radius 2 is 1.76 bits per heavy atom. The molecule has 0 bridgehead atoms. The molecular formula is C19H15F2N3O. The molecule has 0 aliphatic rings. The van der Waals surface area contributed by atoms with Crippen molar-refractivity contribution in [1.29, 1.82) is 0 Å². The van der Waals surface area contributed by atoms with Gasteiger partial charge in [-0.2, -0.15) is 0 Å². The monoisotopic (exact) mass is 339 g/mol. The molecule has 1 N–H and O–H groups in total. The summed E-state index contributed by atoms with van der Waals surface area (Å²) in [7, 11) is 1.87. The van der Waals surface area contributed by atoms with Crippen molar-refractivity contribution in [1.82, 2.24) is 4.98 Å². The molecular weight excluding hydrogens is 324 g/mol. The Balaban J connectivity index is 1.82. The Hall–Kier alpha value is -3.28. The first-order valence-electron chi connectivity index (χ1n) is 7.56. The fraction of sp³-hybridized carbons (Fsp3) is 0.0526. The van der Waals surface area contributed by atoms with Crippen LogP contribution in [0.4, 0.5) is 25.8 Å². The standard InChI is InChI=1S/C19H15F2N3O/c1-24(14-5-3-2-4-6-14)15-9-10-22-18(12-15)19(25)23-17-8-7-13(20)11-16(17)21/h2-12H,1H3,(H,23,25). The van der Waals surface area contributed by atoms with Crippen LogP contribution in [0.25, 0.3) is 0 Å². The number of benzene rings is 2. The van der Waals surface area contributed by atoms with Crippen LogP contribution in [0.3, 0.4) is 0 Å². The molecule has 0 fully saturated rings. The molecule has 1 heterocycles. The number of rotatable bonds is 4. The lowest BCUT2D eigenvalue weighted by Crippen LogP contribution is -2.16. The van der Waals surface area contributed by atoms with Crippen LogP contribution < -0.4 is 10.2 Å². The van der Waals surface area contributed by atoms with Crippen molar-refractivity contribution in [3.63, 3.8) is 0 Å². The van der Waals surface area contributed by atoms with Crippen molar-refractivity contribution in [3.8, 4) is 0 Å². The molecule has 0 saturated carbocycles. The summed E-state index contributed by atoms with van der Waals surface area (Å²) in [6.45, 7) is 0. The zero-order chi connectivity index (χ0) is 17.8. The Labute approximate surface area is 143 Å². The molecule has 0 unspecified atom stereocenters. The maximum Gasteiger partial charge on any atom is 0.274 e. The number of hydrogen-bond donors (Lipinski definition) is 1. The first-order chi connectivity index (χ1) is 12.0. The fourth-order valence-corrected chi connectivity index (χ4v) is 2.33. The van der Waals surface area contributed by atoms with Crippen LogP contribution in [0.2, 0.25) is 0 Å². The van der Waals surface area contributed by atoms with Crippen LogP contribution >= 0.6 is 0 Å². The van der Waals surface area contributed by atoms with E-state index in [9.17, 15) is 13.6 Å². The fourth-order valence-electron chi connectivity index (χ4n) is 2.33. The van der Waals surface area contributed by atoms with Gasteiger partial charge in [0.15, 0.2) is 0 Å². The smallest absolute Gasteiger partial charge is 0.274 e. The van der Waals surface area contributed by atoms with E-state index in [0.717, 1.165) is 17.4 Å². The van der Waals surface area contributed by atoms with Crippen LogP contribution in [0.15, 0.2) is 66.9 Å². The van der Waals surface area contributed by atoms with Gasteiger partial charge in [-0.05, 0) is 36.4 Å². The van der Waals surface area contributed by atoms with Crippen molar-refractivity contribution < 1.29 is 13.6 Å². The number of anilines is 3. The highest BCUT2D eigenvalue weighted by Gasteiger charge is 2.13. The molecule has 0 radical (unpaired) electrons. The Kier molecular flexibility index (Phi) is 4.70. The molecule has 3 aromatic rings. The summed E-state index contributed by atoms with van der Waals surface area (Å²) < 4.78 is 26.6. The summed E-state index contributed by atoms with van der Waals surface area (Å²) in [6, 6.07) is 15.9. The lowest BCUT2D eigenvalue weighted by Gasteiger charge is -2.19. The number of carbonyl (C=O) groups is 1. The second-order valence-electron chi connectivity index (χ2n) is 5.37. The van der Waals surface area contributed by atoms with Crippen molar-refractivity contribution in [3.05, 3.63) is 84.2 Å². The first-order valence-corrected chi connectivity index (χ1v) is 7.56. The van der Waals surface area contributed by atoms with Crippen LogP contribution in [-0.4, -0.2) is 17.9 Å². The summed E-state index contributed by atoms with van der Waals surface area (Å²) in [5.74, 6) is -2.13. The van der Waals surface area contributed by atoms with E-state index >= 15 is 0 Å². The zero-order valence-electron chi connectivity index (χ0n) is 13.4. The predicted octanol–water partition coefficient (Wildman–Crippen LogP) is 4.38. The SMILES string of the molecule is CN(c1ccccc1)c1ccnc(C(=O)Nc2ccc(F)cc2F)c1. The molecule has 1 amide bonds. The summed E-state index contributed by atoms with van der Waals surface area (Å²) >= 11 is 0. The zero-order valence-corrected chi connectivity index (χ0v) is 13.4. The van der Waals surface area contributed by atoms with Crippen LogP contribution in [0.5, 0.6) is 0 Å². The van der Waals surface area contributed by atoms with Crippen molar-refractivity contribution >= 4 is 23.0 Å². The van der Waals surface area contributed by atoms with Gasteiger partial charge in [-0.25, -0.2) is 8.78 Å². The predicted molar refractivity (Wildman–Crippen MR) is 93.1 cm³/mol. The minimum atomic E-state index is -0.842. The van der Waals surface area contributed by atoms with E-state index < -0.39 is 17.5 Å². The van der Waals surface area contributed by atoms with Gasteiger partial charge in [0, 0.05) is 30.7 Å². The number of aromatic nitrogens is 1. The van der Waals surface area contributed by atoms with Gasteiger partial charge in [-0.15, -0.1) is 0 Å². The average molecular weight is 339 g/mol. The maximum absolute atomic E-state index is 13.7. The number of carbonyl (C=O) groups excluding carboxylic acids is 1. The molecule has 0 saturated heterocycles. The molecule has 25 heavy (non-hydrogen) atoms. The lowest BCUT2D eigenvalue weighted by molar-refractivity contribution is 0.102. The molecule has 3 rings (SSSR count). The van der Waals surface area contributed by atoms with E-state index in [-0.39, 0.29) is 11.4 Å².